The molecule has 6 nitrogen and oxygen atoms in total. The van der Waals surface area contributed by atoms with Gasteiger partial charge in [0, 0.05) is 31.9 Å². The topological polar surface area (TPSA) is 73.8 Å². The Hall–Kier alpha value is -2.00. The second kappa shape index (κ2) is 9.80. The van der Waals surface area contributed by atoms with Gasteiger partial charge in [0.25, 0.3) is 0 Å². The van der Waals surface area contributed by atoms with E-state index < -0.39 is 17.8 Å². The van der Waals surface area contributed by atoms with E-state index >= 15 is 0 Å². The molecule has 0 bridgehead atoms. The molecule has 1 unspecified atom stereocenters. The smallest absolute Gasteiger partial charge is 0.420 e. The first kappa shape index (κ1) is 21.3. The molecule has 0 saturated carbocycles. The summed E-state index contributed by atoms with van der Waals surface area (Å²) in [5.41, 5.74) is -0.882. The van der Waals surface area contributed by atoms with E-state index in [0.717, 1.165) is 32.0 Å². The average molecular weight is 389 g/mol. The molecule has 0 aliphatic carbocycles. The number of carbonyl (C=O) groups excluding carboxylic acids is 1. The summed E-state index contributed by atoms with van der Waals surface area (Å²) in [6.07, 6.45) is -2.57. The average Bonchev–Trinajstić information content (AvgIpc) is 2.62. The van der Waals surface area contributed by atoms with Crippen LogP contribution in [0, 0.1) is 5.92 Å². The minimum absolute atomic E-state index is 0.0431. The van der Waals surface area contributed by atoms with E-state index in [1.807, 2.05) is 0 Å². The maximum atomic E-state index is 13.1. The third-order valence-electron chi connectivity index (χ3n) is 4.42. The van der Waals surface area contributed by atoms with Crippen molar-refractivity contribution in [3.05, 3.63) is 23.8 Å². The highest BCUT2D eigenvalue weighted by Crippen LogP contribution is 2.37. The van der Waals surface area contributed by atoms with Crippen molar-refractivity contribution in [1.29, 1.82) is 0 Å². The number of hydrogen-bond donors (Lipinski definition) is 3. The van der Waals surface area contributed by atoms with E-state index in [0.29, 0.717) is 13.1 Å². The zero-order valence-corrected chi connectivity index (χ0v) is 15.3. The lowest BCUT2D eigenvalue weighted by Crippen LogP contribution is -2.42. The van der Waals surface area contributed by atoms with Crippen LogP contribution in [-0.4, -0.2) is 55.4 Å². The zero-order valence-electron chi connectivity index (χ0n) is 15.3. The zero-order chi connectivity index (χ0) is 19.9. The Kier molecular flexibility index (Phi) is 7.73. The molecule has 0 spiro atoms. The van der Waals surface area contributed by atoms with E-state index in [4.69, 9.17) is 4.74 Å². The number of anilines is 1. The third-order valence-corrected chi connectivity index (χ3v) is 4.42. The SMILES string of the molecule is CCOc1ccc(NC(=O)NCCN2CCCC(CO)C2)cc1C(F)(F)F. The number of ether oxygens (including phenoxy) is 1. The highest BCUT2D eigenvalue weighted by molar-refractivity contribution is 5.89. The molecule has 3 N–H and O–H groups in total. The number of hydrogen-bond acceptors (Lipinski definition) is 4. The van der Waals surface area contributed by atoms with Crippen molar-refractivity contribution in [3.63, 3.8) is 0 Å². The van der Waals surface area contributed by atoms with Crippen LogP contribution in [0.4, 0.5) is 23.7 Å². The molecular formula is C18H26F3N3O3. The van der Waals surface area contributed by atoms with Gasteiger partial charge in [0.2, 0.25) is 0 Å². The van der Waals surface area contributed by atoms with Gasteiger partial charge < -0.3 is 25.4 Å². The Morgan fingerprint density at radius 1 is 1.41 bits per heavy atom. The van der Waals surface area contributed by atoms with Gasteiger partial charge in [0.15, 0.2) is 0 Å². The molecule has 1 aliphatic rings. The molecule has 1 heterocycles. The van der Waals surface area contributed by atoms with Gasteiger partial charge in [-0.1, -0.05) is 0 Å². The summed E-state index contributed by atoms with van der Waals surface area (Å²) in [5, 5.41) is 14.3. The van der Waals surface area contributed by atoms with Crippen LogP contribution in [0.1, 0.15) is 25.3 Å². The van der Waals surface area contributed by atoms with Crippen LogP contribution >= 0.6 is 0 Å². The number of nitrogens with zero attached hydrogens (tertiary/aromatic N) is 1. The number of piperidine rings is 1. The molecular weight excluding hydrogens is 363 g/mol. The number of benzene rings is 1. The molecule has 2 amide bonds. The predicted octanol–water partition coefficient (Wildman–Crippen LogP) is 2.93. The van der Waals surface area contributed by atoms with Gasteiger partial charge in [-0.3, -0.25) is 0 Å². The number of alkyl halides is 3. The second-order valence-electron chi connectivity index (χ2n) is 6.51. The summed E-state index contributed by atoms with van der Waals surface area (Å²) in [7, 11) is 0. The minimum Gasteiger partial charge on any atom is -0.493 e. The van der Waals surface area contributed by atoms with Crippen molar-refractivity contribution >= 4 is 11.7 Å². The van der Waals surface area contributed by atoms with Gasteiger partial charge >= 0.3 is 12.2 Å². The molecule has 1 aromatic carbocycles. The van der Waals surface area contributed by atoms with Gasteiger partial charge in [-0.15, -0.1) is 0 Å². The van der Waals surface area contributed by atoms with Crippen molar-refractivity contribution in [3.8, 4) is 5.75 Å². The van der Waals surface area contributed by atoms with Crippen LogP contribution in [0.15, 0.2) is 18.2 Å². The van der Waals surface area contributed by atoms with Gasteiger partial charge in [-0.2, -0.15) is 13.2 Å². The predicted molar refractivity (Wildman–Crippen MR) is 95.9 cm³/mol. The van der Waals surface area contributed by atoms with E-state index in [2.05, 4.69) is 15.5 Å². The van der Waals surface area contributed by atoms with Crippen molar-refractivity contribution in [2.75, 3.05) is 44.7 Å². The van der Waals surface area contributed by atoms with Gasteiger partial charge in [-0.25, -0.2) is 4.79 Å². The fraction of sp³-hybridized carbons (Fsp3) is 0.611. The Morgan fingerprint density at radius 3 is 2.85 bits per heavy atom. The number of carbonyl (C=O) groups is 1. The maximum absolute atomic E-state index is 13.1. The highest BCUT2D eigenvalue weighted by atomic mass is 19.4. The van der Waals surface area contributed by atoms with E-state index in [-0.39, 0.29) is 30.6 Å². The van der Waals surface area contributed by atoms with Crippen LogP contribution < -0.4 is 15.4 Å². The van der Waals surface area contributed by atoms with Crippen molar-refractivity contribution in [2.24, 2.45) is 5.92 Å². The molecule has 0 radical (unpaired) electrons. The molecule has 1 atom stereocenters. The van der Waals surface area contributed by atoms with E-state index in [1.54, 1.807) is 6.92 Å². The van der Waals surface area contributed by atoms with Crippen molar-refractivity contribution in [1.82, 2.24) is 10.2 Å². The molecule has 1 fully saturated rings. The minimum atomic E-state index is -4.57. The van der Waals surface area contributed by atoms with Gasteiger partial charge in [-0.05, 0) is 50.4 Å². The van der Waals surface area contributed by atoms with E-state index in [1.165, 1.54) is 12.1 Å². The summed E-state index contributed by atoms with van der Waals surface area (Å²) in [4.78, 5) is 14.1. The lowest BCUT2D eigenvalue weighted by Gasteiger charge is -2.31. The first-order valence-electron chi connectivity index (χ1n) is 9.05. The van der Waals surface area contributed by atoms with Crippen LogP contribution in [-0.2, 0) is 6.18 Å². The Bertz CT molecular complexity index is 626. The summed E-state index contributed by atoms with van der Waals surface area (Å²) in [5.74, 6) is -0.00304. The number of aliphatic hydroxyl groups is 1. The molecule has 1 aromatic rings. The lowest BCUT2D eigenvalue weighted by molar-refractivity contribution is -0.138. The van der Waals surface area contributed by atoms with Crippen LogP contribution in [0.2, 0.25) is 0 Å². The fourth-order valence-corrected chi connectivity index (χ4v) is 3.12. The first-order valence-corrected chi connectivity index (χ1v) is 9.05. The van der Waals surface area contributed by atoms with Crippen LogP contribution in [0.25, 0.3) is 0 Å². The normalized spacial score (nSPS) is 18.2. The number of likely N-dealkylation sites (tertiary alicyclic amines) is 1. The van der Waals surface area contributed by atoms with Crippen LogP contribution in [0.5, 0.6) is 5.75 Å². The number of nitrogens with one attached hydrogen (secondary N) is 2. The number of rotatable bonds is 7. The lowest BCUT2D eigenvalue weighted by atomic mass is 9.99. The van der Waals surface area contributed by atoms with Gasteiger partial charge in [0.05, 0.1) is 12.2 Å². The second-order valence-corrected chi connectivity index (χ2v) is 6.51. The largest absolute Gasteiger partial charge is 0.493 e. The monoisotopic (exact) mass is 389 g/mol. The number of halogens is 3. The van der Waals surface area contributed by atoms with E-state index in [9.17, 15) is 23.1 Å². The molecule has 1 saturated heterocycles. The number of urea groups is 1. The molecule has 27 heavy (non-hydrogen) atoms. The molecule has 0 aromatic heterocycles. The molecule has 152 valence electrons. The highest BCUT2D eigenvalue weighted by Gasteiger charge is 2.34. The van der Waals surface area contributed by atoms with Gasteiger partial charge in [0.1, 0.15) is 5.75 Å². The number of amides is 2. The Morgan fingerprint density at radius 2 is 2.19 bits per heavy atom. The maximum Gasteiger partial charge on any atom is 0.420 e. The summed E-state index contributed by atoms with van der Waals surface area (Å²) in [6, 6.07) is 2.87. The van der Waals surface area contributed by atoms with Crippen molar-refractivity contribution in [2.45, 2.75) is 25.9 Å². The quantitative estimate of drug-likeness (QED) is 0.670. The summed E-state index contributed by atoms with van der Waals surface area (Å²) in [6.45, 7) is 4.56. The fourth-order valence-electron chi connectivity index (χ4n) is 3.12. The standard InChI is InChI=1S/C18H26F3N3O3/c1-2-27-16-6-5-14(10-15(16)18(19,20)21)23-17(26)22-7-9-24-8-3-4-13(11-24)12-25/h5-6,10,13,25H,2-4,7-9,11-12H2,1H3,(H2,22,23,26). The third kappa shape index (κ3) is 6.59. The van der Waals surface area contributed by atoms with Crippen LogP contribution in [0.3, 0.4) is 0 Å². The Balaban J connectivity index is 1.86. The number of aliphatic hydroxyl groups excluding tert-OH is 1. The summed E-state index contributed by atoms with van der Waals surface area (Å²) >= 11 is 0. The summed E-state index contributed by atoms with van der Waals surface area (Å²) < 4.78 is 44.4. The molecule has 1 aliphatic heterocycles. The van der Waals surface area contributed by atoms with Crippen molar-refractivity contribution < 1.29 is 27.8 Å². The molecule has 2 rings (SSSR count). The Labute approximate surface area is 156 Å². The molecule has 9 heteroatoms. The first-order chi connectivity index (χ1) is 12.8.